The molecular formula is C20H14N2O4S. The first kappa shape index (κ1) is 17.2. The number of para-hydroxylation sites is 1. The van der Waals surface area contributed by atoms with Crippen LogP contribution >= 0.6 is 11.8 Å². The number of nitrogens with zero attached hydrogens (tertiary/aromatic N) is 2. The minimum absolute atomic E-state index is 0.00136. The first-order valence-electron chi connectivity index (χ1n) is 8.19. The lowest BCUT2D eigenvalue weighted by atomic mass is 10.1. The second-order valence-corrected chi connectivity index (χ2v) is 6.86. The minimum atomic E-state index is -0.648. The Kier molecular flexibility index (Phi) is 4.60. The van der Waals surface area contributed by atoms with Gasteiger partial charge in [0.2, 0.25) is 5.89 Å². The molecule has 0 aliphatic carbocycles. The third-order valence-corrected chi connectivity index (χ3v) is 4.79. The van der Waals surface area contributed by atoms with E-state index in [0.717, 1.165) is 22.9 Å². The Hall–Kier alpha value is -3.19. The zero-order valence-corrected chi connectivity index (χ0v) is 15.2. The highest BCUT2D eigenvalue weighted by Crippen LogP contribution is 2.24. The van der Waals surface area contributed by atoms with Crippen LogP contribution in [-0.2, 0) is 0 Å². The monoisotopic (exact) mass is 378 g/mol. The van der Waals surface area contributed by atoms with E-state index in [2.05, 4.69) is 10.2 Å². The molecule has 0 fully saturated rings. The number of carbonyl (C=O) groups excluding carboxylic acids is 1. The summed E-state index contributed by atoms with van der Waals surface area (Å²) in [7, 11) is 0. The van der Waals surface area contributed by atoms with Gasteiger partial charge in [0.25, 0.3) is 5.22 Å². The molecule has 4 rings (SSSR count). The Morgan fingerprint density at radius 3 is 2.63 bits per heavy atom. The van der Waals surface area contributed by atoms with Gasteiger partial charge in [-0.15, -0.1) is 10.2 Å². The van der Waals surface area contributed by atoms with Crippen molar-refractivity contribution in [2.45, 2.75) is 12.1 Å². The van der Waals surface area contributed by atoms with E-state index in [1.54, 1.807) is 24.3 Å². The zero-order valence-electron chi connectivity index (χ0n) is 14.3. The van der Waals surface area contributed by atoms with E-state index < -0.39 is 5.63 Å². The average Bonchev–Trinajstić information content (AvgIpc) is 3.15. The van der Waals surface area contributed by atoms with E-state index in [1.807, 2.05) is 37.3 Å². The maximum Gasteiger partial charge on any atom is 0.347 e. The Morgan fingerprint density at radius 2 is 1.81 bits per heavy atom. The molecule has 0 bridgehead atoms. The van der Waals surface area contributed by atoms with E-state index in [-0.39, 0.29) is 22.3 Å². The van der Waals surface area contributed by atoms with Gasteiger partial charge in [0.1, 0.15) is 11.1 Å². The Bertz CT molecular complexity index is 1180. The van der Waals surface area contributed by atoms with Crippen molar-refractivity contribution >= 4 is 28.5 Å². The second kappa shape index (κ2) is 7.20. The number of aryl methyl sites for hydroxylation is 1. The molecule has 4 aromatic rings. The van der Waals surface area contributed by atoms with Gasteiger partial charge in [0.15, 0.2) is 5.78 Å². The average molecular weight is 378 g/mol. The van der Waals surface area contributed by atoms with Gasteiger partial charge in [-0.2, -0.15) is 0 Å². The molecule has 0 atom stereocenters. The molecular weight excluding hydrogens is 364 g/mol. The molecule has 134 valence electrons. The number of thioether (sulfide) groups is 1. The fraction of sp³-hybridized carbons (Fsp3) is 0.100. The number of rotatable bonds is 5. The van der Waals surface area contributed by atoms with Gasteiger partial charge in [-0.05, 0) is 31.2 Å². The number of carbonyl (C=O) groups is 1. The fourth-order valence-electron chi connectivity index (χ4n) is 2.54. The van der Waals surface area contributed by atoms with Crippen molar-refractivity contribution in [3.8, 4) is 11.5 Å². The number of aromatic nitrogens is 2. The van der Waals surface area contributed by atoms with E-state index in [0.29, 0.717) is 16.9 Å². The molecule has 2 aromatic heterocycles. The van der Waals surface area contributed by atoms with Crippen LogP contribution in [0.3, 0.4) is 0 Å². The standard InChI is InChI=1S/C20H14N2O4S/c1-12-6-8-13(9-7-12)18-21-22-20(26-18)27-11-16(23)15-10-14-4-2-3-5-17(14)25-19(15)24/h2-10H,11H2,1H3. The summed E-state index contributed by atoms with van der Waals surface area (Å²) in [6.07, 6.45) is 0. The summed E-state index contributed by atoms with van der Waals surface area (Å²) in [5.74, 6) is 0.0308. The van der Waals surface area contributed by atoms with Gasteiger partial charge in [-0.1, -0.05) is 47.7 Å². The van der Waals surface area contributed by atoms with Crippen molar-refractivity contribution in [3.63, 3.8) is 0 Å². The summed E-state index contributed by atoms with van der Waals surface area (Å²) in [4.78, 5) is 24.5. The molecule has 0 spiro atoms. The van der Waals surface area contributed by atoms with Crippen LogP contribution in [0.15, 0.2) is 73.4 Å². The van der Waals surface area contributed by atoms with Crippen LogP contribution in [0.4, 0.5) is 0 Å². The van der Waals surface area contributed by atoms with Crippen LogP contribution in [0.2, 0.25) is 0 Å². The van der Waals surface area contributed by atoms with Crippen LogP contribution in [0.1, 0.15) is 15.9 Å². The molecule has 27 heavy (non-hydrogen) atoms. The highest BCUT2D eigenvalue weighted by molar-refractivity contribution is 7.99. The molecule has 0 unspecified atom stereocenters. The Balaban J connectivity index is 1.49. The summed E-state index contributed by atoms with van der Waals surface area (Å²) in [6.45, 7) is 1.99. The maximum atomic E-state index is 12.4. The molecule has 0 saturated carbocycles. The van der Waals surface area contributed by atoms with Crippen LogP contribution in [0.5, 0.6) is 0 Å². The van der Waals surface area contributed by atoms with Gasteiger partial charge in [-0.25, -0.2) is 4.79 Å². The van der Waals surface area contributed by atoms with E-state index in [4.69, 9.17) is 8.83 Å². The number of Topliss-reactive ketones (excluding diaryl/α,β-unsaturated/α-hetero) is 1. The summed E-state index contributed by atoms with van der Waals surface area (Å²) in [6, 6.07) is 16.3. The number of ketones is 1. The van der Waals surface area contributed by atoms with E-state index in [9.17, 15) is 9.59 Å². The third-order valence-electron chi connectivity index (χ3n) is 3.97. The molecule has 7 heteroatoms. The minimum Gasteiger partial charge on any atom is -0.422 e. The molecule has 0 aliphatic heterocycles. The van der Waals surface area contributed by atoms with Gasteiger partial charge in [0, 0.05) is 10.9 Å². The van der Waals surface area contributed by atoms with Crippen molar-refractivity contribution in [1.82, 2.24) is 10.2 Å². The lowest BCUT2D eigenvalue weighted by Gasteiger charge is -2.00. The number of hydrogen-bond donors (Lipinski definition) is 0. The fourth-order valence-corrected chi connectivity index (χ4v) is 3.19. The first-order valence-corrected chi connectivity index (χ1v) is 9.18. The van der Waals surface area contributed by atoms with Gasteiger partial charge < -0.3 is 8.83 Å². The van der Waals surface area contributed by atoms with Gasteiger partial charge in [-0.3, -0.25) is 4.79 Å². The van der Waals surface area contributed by atoms with Crippen molar-refractivity contribution in [3.05, 3.63) is 76.1 Å². The third kappa shape index (κ3) is 3.68. The van der Waals surface area contributed by atoms with E-state index in [1.165, 1.54) is 0 Å². The molecule has 0 radical (unpaired) electrons. The van der Waals surface area contributed by atoms with Gasteiger partial charge >= 0.3 is 5.63 Å². The molecule has 2 heterocycles. The topological polar surface area (TPSA) is 86.2 Å². The van der Waals surface area contributed by atoms with Crippen LogP contribution in [-0.4, -0.2) is 21.7 Å². The molecule has 0 aliphatic rings. The SMILES string of the molecule is Cc1ccc(-c2nnc(SCC(=O)c3cc4ccccc4oc3=O)o2)cc1. The molecule has 0 amide bonds. The van der Waals surface area contributed by atoms with Crippen molar-refractivity contribution < 1.29 is 13.6 Å². The normalized spacial score (nSPS) is 11.0. The van der Waals surface area contributed by atoms with Crippen LogP contribution < -0.4 is 5.63 Å². The lowest BCUT2D eigenvalue weighted by Crippen LogP contribution is -2.15. The van der Waals surface area contributed by atoms with E-state index >= 15 is 0 Å². The highest BCUT2D eigenvalue weighted by Gasteiger charge is 2.16. The lowest BCUT2D eigenvalue weighted by molar-refractivity contribution is 0.101. The number of fused-ring (bicyclic) bond motifs is 1. The maximum absolute atomic E-state index is 12.4. The second-order valence-electron chi connectivity index (χ2n) is 5.94. The zero-order chi connectivity index (χ0) is 18.8. The molecule has 0 saturated heterocycles. The number of hydrogen-bond acceptors (Lipinski definition) is 7. The Morgan fingerprint density at radius 1 is 1.04 bits per heavy atom. The summed E-state index contributed by atoms with van der Waals surface area (Å²) in [5.41, 5.74) is 1.75. The van der Waals surface area contributed by atoms with Gasteiger partial charge in [0.05, 0.1) is 5.75 Å². The molecule has 2 aromatic carbocycles. The molecule has 6 nitrogen and oxygen atoms in total. The Labute approximate surface area is 158 Å². The van der Waals surface area contributed by atoms with Crippen molar-refractivity contribution in [1.29, 1.82) is 0 Å². The largest absolute Gasteiger partial charge is 0.422 e. The van der Waals surface area contributed by atoms with Crippen molar-refractivity contribution in [2.24, 2.45) is 0 Å². The predicted molar refractivity (Wildman–Crippen MR) is 102 cm³/mol. The summed E-state index contributed by atoms with van der Waals surface area (Å²) >= 11 is 1.09. The number of benzene rings is 2. The predicted octanol–water partition coefficient (Wildman–Crippen LogP) is 4.13. The van der Waals surface area contributed by atoms with Crippen LogP contribution in [0, 0.1) is 6.92 Å². The first-order chi connectivity index (χ1) is 13.1. The van der Waals surface area contributed by atoms with Crippen molar-refractivity contribution in [2.75, 3.05) is 5.75 Å². The summed E-state index contributed by atoms with van der Waals surface area (Å²) in [5, 5.41) is 8.91. The quantitative estimate of drug-likeness (QED) is 0.293. The summed E-state index contributed by atoms with van der Waals surface area (Å²) < 4.78 is 10.8. The highest BCUT2D eigenvalue weighted by atomic mass is 32.2. The molecule has 0 N–H and O–H groups in total. The smallest absolute Gasteiger partial charge is 0.347 e. The van der Waals surface area contributed by atoms with Crippen LogP contribution in [0.25, 0.3) is 22.4 Å².